The fraction of sp³-hybridized carbons (Fsp3) is 0.533. The van der Waals surface area contributed by atoms with Gasteiger partial charge in [-0.2, -0.15) is 0 Å². The number of carbonyl (C=O) groups is 1. The molecule has 0 radical (unpaired) electrons. The van der Waals surface area contributed by atoms with Gasteiger partial charge in [0.25, 0.3) is 0 Å². The van der Waals surface area contributed by atoms with Crippen LogP contribution >= 0.6 is 0 Å². The SMILES string of the molecule is CCC(C)N(CCOC)c1c(C)cccc1C(=O)O. The predicted molar refractivity (Wildman–Crippen MR) is 77.1 cm³/mol. The van der Waals surface area contributed by atoms with Crippen molar-refractivity contribution in [3.05, 3.63) is 29.3 Å². The zero-order valence-electron chi connectivity index (χ0n) is 12.1. The van der Waals surface area contributed by atoms with Gasteiger partial charge < -0.3 is 14.7 Å². The quantitative estimate of drug-likeness (QED) is 0.823. The number of benzene rings is 1. The second-order valence-corrected chi connectivity index (χ2v) is 4.72. The van der Waals surface area contributed by atoms with E-state index in [0.717, 1.165) is 17.7 Å². The number of carboxylic acids is 1. The molecule has 1 N–H and O–H groups in total. The Morgan fingerprint density at radius 2 is 2.16 bits per heavy atom. The third-order valence-electron chi connectivity index (χ3n) is 3.41. The highest BCUT2D eigenvalue weighted by atomic mass is 16.5. The van der Waals surface area contributed by atoms with E-state index in [9.17, 15) is 9.90 Å². The zero-order chi connectivity index (χ0) is 14.4. The lowest BCUT2D eigenvalue weighted by atomic mass is 10.0. The van der Waals surface area contributed by atoms with Gasteiger partial charge >= 0.3 is 5.97 Å². The number of hydrogen-bond acceptors (Lipinski definition) is 3. The summed E-state index contributed by atoms with van der Waals surface area (Å²) in [7, 11) is 1.66. The van der Waals surface area contributed by atoms with Crippen molar-refractivity contribution >= 4 is 11.7 Å². The van der Waals surface area contributed by atoms with E-state index in [-0.39, 0.29) is 6.04 Å². The zero-order valence-corrected chi connectivity index (χ0v) is 12.1. The van der Waals surface area contributed by atoms with Gasteiger partial charge in [-0.1, -0.05) is 19.1 Å². The molecule has 0 heterocycles. The van der Waals surface area contributed by atoms with Gasteiger partial charge in [0.1, 0.15) is 0 Å². The number of anilines is 1. The second kappa shape index (κ2) is 7.14. The maximum atomic E-state index is 11.4. The molecule has 0 bridgehead atoms. The topological polar surface area (TPSA) is 49.8 Å². The molecule has 106 valence electrons. The van der Waals surface area contributed by atoms with E-state index < -0.39 is 5.97 Å². The van der Waals surface area contributed by atoms with Crippen LogP contribution in [0.4, 0.5) is 5.69 Å². The van der Waals surface area contributed by atoms with Crippen LogP contribution in [0.2, 0.25) is 0 Å². The smallest absolute Gasteiger partial charge is 0.337 e. The lowest BCUT2D eigenvalue weighted by Crippen LogP contribution is -2.37. The van der Waals surface area contributed by atoms with Crippen LogP contribution in [0, 0.1) is 6.92 Å². The Morgan fingerprint density at radius 3 is 2.68 bits per heavy atom. The lowest BCUT2D eigenvalue weighted by molar-refractivity contribution is 0.0697. The molecule has 1 atom stereocenters. The minimum Gasteiger partial charge on any atom is -0.478 e. The number of hydrogen-bond donors (Lipinski definition) is 1. The van der Waals surface area contributed by atoms with Gasteiger partial charge in [0.2, 0.25) is 0 Å². The third-order valence-corrected chi connectivity index (χ3v) is 3.41. The highest BCUT2D eigenvalue weighted by molar-refractivity contribution is 5.95. The molecule has 1 rings (SSSR count). The molecule has 1 aromatic carbocycles. The van der Waals surface area contributed by atoms with Crippen molar-refractivity contribution in [1.82, 2.24) is 0 Å². The summed E-state index contributed by atoms with van der Waals surface area (Å²) < 4.78 is 5.14. The summed E-state index contributed by atoms with van der Waals surface area (Å²) in [5.41, 5.74) is 2.15. The van der Waals surface area contributed by atoms with Crippen LogP contribution in [0.3, 0.4) is 0 Å². The van der Waals surface area contributed by atoms with Gasteiger partial charge in [-0.25, -0.2) is 4.79 Å². The maximum absolute atomic E-state index is 11.4. The van der Waals surface area contributed by atoms with Crippen LogP contribution in [0.5, 0.6) is 0 Å². The van der Waals surface area contributed by atoms with E-state index in [1.165, 1.54) is 0 Å². The van der Waals surface area contributed by atoms with Gasteiger partial charge in [-0.3, -0.25) is 0 Å². The van der Waals surface area contributed by atoms with Crippen LogP contribution in [-0.4, -0.2) is 37.4 Å². The summed E-state index contributed by atoms with van der Waals surface area (Å²) in [6.45, 7) is 7.43. The molecule has 0 saturated heterocycles. The molecule has 0 fully saturated rings. The van der Waals surface area contributed by atoms with Crippen LogP contribution < -0.4 is 4.90 Å². The Labute approximate surface area is 115 Å². The summed E-state index contributed by atoms with van der Waals surface area (Å²) in [4.78, 5) is 13.5. The normalized spacial score (nSPS) is 12.2. The Kier molecular flexibility index (Phi) is 5.83. The average Bonchev–Trinajstić information content (AvgIpc) is 2.39. The molecule has 4 heteroatoms. The van der Waals surface area contributed by atoms with Gasteiger partial charge in [0, 0.05) is 19.7 Å². The molecule has 0 spiro atoms. The van der Waals surface area contributed by atoms with Gasteiger partial charge in [0.05, 0.1) is 17.9 Å². The number of carboxylic acid groups (broad SMARTS) is 1. The Hall–Kier alpha value is -1.55. The summed E-state index contributed by atoms with van der Waals surface area (Å²) in [5.74, 6) is -0.885. The lowest BCUT2D eigenvalue weighted by Gasteiger charge is -2.33. The molecule has 0 saturated carbocycles. The van der Waals surface area contributed by atoms with E-state index in [2.05, 4.69) is 18.7 Å². The molecule has 0 aliphatic heterocycles. The first kappa shape index (κ1) is 15.5. The summed E-state index contributed by atoms with van der Waals surface area (Å²) in [6, 6.07) is 5.67. The van der Waals surface area contributed by atoms with E-state index in [4.69, 9.17) is 4.74 Å². The number of rotatable bonds is 7. The minimum atomic E-state index is -0.885. The highest BCUT2D eigenvalue weighted by Gasteiger charge is 2.21. The number of ether oxygens (including phenoxy) is 1. The van der Waals surface area contributed by atoms with Crippen molar-refractivity contribution in [2.24, 2.45) is 0 Å². The van der Waals surface area contributed by atoms with E-state index in [1.807, 2.05) is 13.0 Å². The molecule has 19 heavy (non-hydrogen) atoms. The number of nitrogens with zero attached hydrogens (tertiary/aromatic N) is 1. The van der Waals surface area contributed by atoms with Gasteiger partial charge in [-0.15, -0.1) is 0 Å². The monoisotopic (exact) mass is 265 g/mol. The van der Waals surface area contributed by atoms with Crippen molar-refractivity contribution in [3.8, 4) is 0 Å². The van der Waals surface area contributed by atoms with E-state index >= 15 is 0 Å². The Balaban J connectivity index is 3.23. The van der Waals surface area contributed by atoms with Gasteiger partial charge in [-0.05, 0) is 31.9 Å². The Bertz CT molecular complexity index is 431. The number of aryl methyl sites for hydroxylation is 1. The van der Waals surface area contributed by atoms with Crippen LogP contribution in [0.1, 0.15) is 36.2 Å². The molecule has 0 amide bonds. The first-order chi connectivity index (χ1) is 9.02. The Morgan fingerprint density at radius 1 is 1.47 bits per heavy atom. The largest absolute Gasteiger partial charge is 0.478 e. The van der Waals surface area contributed by atoms with Crippen molar-refractivity contribution in [1.29, 1.82) is 0 Å². The first-order valence-electron chi connectivity index (χ1n) is 6.61. The second-order valence-electron chi connectivity index (χ2n) is 4.72. The van der Waals surface area contributed by atoms with Crippen LogP contribution in [-0.2, 0) is 4.74 Å². The van der Waals surface area contributed by atoms with Crippen molar-refractivity contribution in [2.75, 3.05) is 25.2 Å². The predicted octanol–water partition coefficient (Wildman–Crippen LogP) is 2.94. The number of aromatic carboxylic acids is 1. The maximum Gasteiger partial charge on any atom is 0.337 e. The molecule has 0 aliphatic rings. The standard InChI is InChI=1S/C15H23NO3/c1-5-12(3)16(9-10-19-4)14-11(2)7-6-8-13(14)15(17)18/h6-8,12H,5,9-10H2,1-4H3,(H,17,18). The fourth-order valence-electron chi connectivity index (χ4n) is 2.18. The molecule has 1 unspecified atom stereocenters. The first-order valence-corrected chi connectivity index (χ1v) is 6.61. The molecule has 0 aromatic heterocycles. The van der Waals surface area contributed by atoms with Crippen molar-refractivity contribution in [3.63, 3.8) is 0 Å². The van der Waals surface area contributed by atoms with Gasteiger partial charge in [0.15, 0.2) is 0 Å². The van der Waals surface area contributed by atoms with Crippen molar-refractivity contribution < 1.29 is 14.6 Å². The van der Waals surface area contributed by atoms with E-state index in [1.54, 1.807) is 19.2 Å². The summed E-state index contributed by atoms with van der Waals surface area (Å²) >= 11 is 0. The number of para-hydroxylation sites is 1. The van der Waals surface area contributed by atoms with Crippen LogP contribution in [0.15, 0.2) is 18.2 Å². The average molecular weight is 265 g/mol. The molecule has 1 aromatic rings. The van der Waals surface area contributed by atoms with Crippen LogP contribution in [0.25, 0.3) is 0 Å². The van der Waals surface area contributed by atoms with E-state index in [0.29, 0.717) is 18.7 Å². The molecular formula is C15H23NO3. The summed E-state index contributed by atoms with van der Waals surface area (Å²) in [5, 5.41) is 9.36. The number of methoxy groups -OCH3 is 1. The van der Waals surface area contributed by atoms with Crippen molar-refractivity contribution in [2.45, 2.75) is 33.2 Å². The molecule has 4 nitrogen and oxygen atoms in total. The fourth-order valence-corrected chi connectivity index (χ4v) is 2.18. The minimum absolute atomic E-state index is 0.273. The third kappa shape index (κ3) is 3.70. The molecule has 0 aliphatic carbocycles. The molecular weight excluding hydrogens is 242 g/mol. The summed E-state index contributed by atoms with van der Waals surface area (Å²) in [6.07, 6.45) is 0.955. The highest BCUT2D eigenvalue weighted by Crippen LogP contribution is 2.27.